The number of aromatic nitrogens is 1. The molecule has 4 nitrogen and oxygen atoms in total. The molecule has 1 saturated heterocycles. The Balaban J connectivity index is 1.15. The molecular weight excluding hydrogens is 427 g/mol. The Morgan fingerprint density at radius 1 is 1.06 bits per heavy atom. The Labute approximate surface area is 188 Å². The van der Waals surface area contributed by atoms with Gasteiger partial charge in [0.05, 0.1) is 21.9 Å². The van der Waals surface area contributed by atoms with Crippen molar-refractivity contribution >= 4 is 49.3 Å². The number of amidine groups is 1. The molecular formula is C24H21FN4S2. The van der Waals surface area contributed by atoms with E-state index in [9.17, 15) is 4.39 Å². The summed E-state index contributed by atoms with van der Waals surface area (Å²) < 4.78 is 14.2. The molecule has 2 heterocycles. The lowest BCUT2D eigenvalue weighted by Crippen LogP contribution is -2.18. The van der Waals surface area contributed by atoms with E-state index in [4.69, 9.17) is 4.99 Å². The van der Waals surface area contributed by atoms with Crippen molar-refractivity contribution in [3.63, 3.8) is 0 Å². The zero-order chi connectivity index (χ0) is 21.0. The first-order valence-electron chi connectivity index (χ1n) is 10.1. The molecule has 1 aliphatic rings. The number of thioether (sulfide) groups is 1. The smallest absolute Gasteiger partial charge is 0.183 e. The summed E-state index contributed by atoms with van der Waals surface area (Å²) in [5, 5.41) is 8.64. The Kier molecular flexibility index (Phi) is 5.86. The topological polar surface area (TPSA) is 49.3 Å². The van der Waals surface area contributed by atoms with Crippen LogP contribution in [0.3, 0.4) is 0 Å². The summed E-state index contributed by atoms with van der Waals surface area (Å²) in [6.45, 7) is 0.770. The Morgan fingerprint density at radius 3 is 2.74 bits per heavy atom. The van der Waals surface area contributed by atoms with Gasteiger partial charge in [0.15, 0.2) is 10.3 Å². The lowest BCUT2D eigenvalue weighted by atomic mass is 10.1. The van der Waals surface area contributed by atoms with Crippen molar-refractivity contribution in [3.05, 3.63) is 89.7 Å². The molecule has 156 valence electrons. The average molecular weight is 449 g/mol. The minimum atomic E-state index is -0.229. The number of aliphatic imine (C=N–C) groups is 1. The Hall–Kier alpha value is -2.90. The SMILES string of the molecule is Fc1ccc2nc(NCCc3ccc(/N=C4/N[C@@H](c5ccccc5)CS4)cc3)sc2c1. The van der Waals surface area contributed by atoms with E-state index in [0.717, 1.165) is 44.9 Å². The molecule has 3 aromatic carbocycles. The average Bonchev–Trinajstić information content (AvgIpc) is 3.42. The highest BCUT2D eigenvalue weighted by atomic mass is 32.2. The van der Waals surface area contributed by atoms with E-state index in [1.807, 2.05) is 6.07 Å². The third-order valence-electron chi connectivity index (χ3n) is 5.09. The van der Waals surface area contributed by atoms with Crippen molar-refractivity contribution in [1.82, 2.24) is 10.3 Å². The molecule has 0 unspecified atom stereocenters. The van der Waals surface area contributed by atoms with Crippen molar-refractivity contribution < 1.29 is 4.39 Å². The number of thiazole rings is 1. The summed E-state index contributed by atoms with van der Waals surface area (Å²) in [5.41, 5.74) is 4.30. The second-order valence-corrected chi connectivity index (χ2v) is 9.35. The van der Waals surface area contributed by atoms with E-state index in [2.05, 4.69) is 64.1 Å². The maximum absolute atomic E-state index is 13.3. The number of nitrogens with one attached hydrogen (secondary N) is 2. The summed E-state index contributed by atoms with van der Waals surface area (Å²) in [4.78, 5) is 9.25. The van der Waals surface area contributed by atoms with Crippen LogP contribution in [0.15, 0.2) is 77.8 Å². The summed E-state index contributed by atoms with van der Waals surface area (Å²) in [6, 6.07) is 23.8. The Bertz CT molecular complexity index is 1210. The van der Waals surface area contributed by atoms with E-state index in [0.29, 0.717) is 6.04 Å². The number of fused-ring (bicyclic) bond motifs is 1. The minimum absolute atomic E-state index is 0.229. The molecule has 31 heavy (non-hydrogen) atoms. The van der Waals surface area contributed by atoms with Crippen molar-refractivity contribution in [2.24, 2.45) is 4.99 Å². The van der Waals surface area contributed by atoms with Crippen LogP contribution >= 0.6 is 23.1 Å². The fourth-order valence-electron chi connectivity index (χ4n) is 3.47. The summed E-state index contributed by atoms with van der Waals surface area (Å²) in [6.07, 6.45) is 0.879. The van der Waals surface area contributed by atoms with Gasteiger partial charge in [-0.1, -0.05) is 65.6 Å². The highest BCUT2D eigenvalue weighted by Crippen LogP contribution is 2.28. The fourth-order valence-corrected chi connectivity index (χ4v) is 5.38. The second-order valence-electron chi connectivity index (χ2n) is 7.31. The number of hydrogen-bond acceptors (Lipinski definition) is 5. The molecule has 1 fully saturated rings. The first kappa shape index (κ1) is 20.0. The van der Waals surface area contributed by atoms with Gasteiger partial charge in [-0.15, -0.1) is 0 Å². The van der Waals surface area contributed by atoms with E-state index < -0.39 is 0 Å². The molecule has 0 aliphatic carbocycles. The molecule has 5 rings (SSSR count). The highest BCUT2D eigenvalue weighted by molar-refractivity contribution is 8.14. The number of hydrogen-bond donors (Lipinski definition) is 2. The zero-order valence-corrected chi connectivity index (χ0v) is 18.3. The van der Waals surface area contributed by atoms with E-state index in [1.54, 1.807) is 17.8 Å². The number of nitrogens with zero attached hydrogens (tertiary/aromatic N) is 2. The van der Waals surface area contributed by atoms with Crippen LogP contribution in [-0.4, -0.2) is 22.4 Å². The van der Waals surface area contributed by atoms with Gasteiger partial charge in [-0.05, 0) is 47.9 Å². The maximum Gasteiger partial charge on any atom is 0.183 e. The van der Waals surface area contributed by atoms with Crippen LogP contribution in [0.5, 0.6) is 0 Å². The second kappa shape index (κ2) is 9.08. The lowest BCUT2D eigenvalue weighted by molar-refractivity contribution is 0.630. The van der Waals surface area contributed by atoms with Crippen LogP contribution in [-0.2, 0) is 6.42 Å². The van der Waals surface area contributed by atoms with Crippen LogP contribution in [0, 0.1) is 5.82 Å². The molecule has 2 N–H and O–H groups in total. The van der Waals surface area contributed by atoms with E-state index >= 15 is 0 Å². The van der Waals surface area contributed by atoms with Gasteiger partial charge in [-0.25, -0.2) is 14.4 Å². The summed E-state index contributed by atoms with van der Waals surface area (Å²) in [5.74, 6) is 0.763. The Morgan fingerprint density at radius 2 is 1.90 bits per heavy atom. The molecule has 1 aliphatic heterocycles. The first-order valence-corrected chi connectivity index (χ1v) is 11.9. The molecule has 1 aromatic heterocycles. The van der Waals surface area contributed by atoms with Crippen LogP contribution in [0.4, 0.5) is 15.2 Å². The van der Waals surface area contributed by atoms with Crippen LogP contribution < -0.4 is 10.6 Å². The van der Waals surface area contributed by atoms with E-state index in [1.165, 1.54) is 34.6 Å². The van der Waals surface area contributed by atoms with Gasteiger partial charge < -0.3 is 10.6 Å². The van der Waals surface area contributed by atoms with Gasteiger partial charge in [0.1, 0.15) is 5.82 Å². The molecule has 4 aromatic rings. The standard InChI is InChI=1S/C24H21FN4S2/c25-18-8-11-20-22(14-18)31-23(28-20)26-13-12-16-6-9-19(10-7-16)27-24-29-21(15-30-24)17-4-2-1-3-5-17/h1-11,14,21H,12-13,15H2,(H,26,28)(H,27,29)/t21-/m1/s1. The van der Waals surface area contributed by atoms with Gasteiger partial charge in [-0.2, -0.15) is 0 Å². The van der Waals surface area contributed by atoms with Gasteiger partial charge in [0.2, 0.25) is 0 Å². The molecule has 0 bridgehead atoms. The van der Waals surface area contributed by atoms with E-state index in [-0.39, 0.29) is 5.82 Å². The summed E-state index contributed by atoms with van der Waals surface area (Å²) >= 11 is 3.23. The molecule has 0 amide bonds. The number of rotatable bonds is 6. The maximum atomic E-state index is 13.3. The normalized spacial score (nSPS) is 17.2. The van der Waals surface area contributed by atoms with Crippen molar-refractivity contribution in [2.75, 3.05) is 17.6 Å². The fraction of sp³-hybridized carbons (Fsp3) is 0.167. The van der Waals surface area contributed by atoms with Gasteiger partial charge in [0.25, 0.3) is 0 Å². The zero-order valence-electron chi connectivity index (χ0n) is 16.7. The predicted octanol–water partition coefficient (Wildman–Crippen LogP) is 6.16. The number of benzene rings is 3. The van der Waals surface area contributed by atoms with Gasteiger partial charge in [-0.3, -0.25) is 0 Å². The summed E-state index contributed by atoms with van der Waals surface area (Å²) in [7, 11) is 0. The van der Waals surface area contributed by atoms with Crippen molar-refractivity contribution in [3.8, 4) is 0 Å². The first-order chi connectivity index (χ1) is 15.2. The molecule has 0 radical (unpaired) electrons. The monoisotopic (exact) mass is 448 g/mol. The van der Waals surface area contributed by atoms with Crippen molar-refractivity contribution in [1.29, 1.82) is 0 Å². The number of halogens is 1. The molecule has 0 spiro atoms. The number of anilines is 1. The third-order valence-corrected chi connectivity index (χ3v) is 7.05. The largest absolute Gasteiger partial charge is 0.361 e. The quantitative estimate of drug-likeness (QED) is 0.371. The van der Waals surface area contributed by atoms with Gasteiger partial charge in [0, 0.05) is 12.3 Å². The van der Waals surface area contributed by atoms with Crippen LogP contribution in [0.2, 0.25) is 0 Å². The van der Waals surface area contributed by atoms with Crippen LogP contribution in [0.1, 0.15) is 17.2 Å². The highest BCUT2D eigenvalue weighted by Gasteiger charge is 2.21. The van der Waals surface area contributed by atoms with Crippen molar-refractivity contribution in [2.45, 2.75) is 12.5 Å². The van der Waals surface area contributed by atoms with Gasteiger partial charge >= 0.3 is 0 Å². The molecule has 1 atom stereocenters. The van der Waals surface area contributed by atoms with Crippen LogP contribution in [0.25, 0.3) is 10.2 Å². The molecule has 0 saturated carbocycles. The third kappa shape index (κ3) is 4.89. The minimum Gasteiger partial charge on any atom is -0.361 e. The lowest BCUT2D eigenvalue weighted by Gasteiger charge is -2.09. The predicted molar refractivity (Wildman–Crippen MR) is 130 cm³/mol. The molecule has 7 heteroatoms.